The molecule has 1 amide bonds. The van der Waals surface area contributed by atoms with E-state index in [4.69, 9.17) is 0 Å². The number of rotatable bonds is 4. The van der Waals surface area contributed by atoms with E-state index in [2.05, 4.69) is 31.2 Å². The molecule has 1 N–H and O–H groups in total. The maximum Gasteiger partial charge on any atom is 0.259 e. The first-order valence-corrected chi connectivity index (χ1v) is 8.45. The van der Waals surface area contributed by atoms with Crippen molar-refractivity contribution < 1.29 is 9.18 Å². The lowest BCUT2D eigenvalue weighted by atomic mass is 10.1. The first-order valence-electron chi connectivity index (χ1n) is 7.66. The van der Waals surface area contributed by atoms with Crippen molar-refractivity contribution in [3.8, 4) is 0 Å². The van der Waals surface area contributed by atoms with Crippen LogP contribution in [0.3, 0.4) is 0 Å². The zero-order valence-corrected chi connectivity index (χ0v) is 15.0. The Morgan fingerprint density at radius 2 is 1.96 bits per heavy atom. The minimum atomic E-state index is -0.512. The van der Waals surface area contributed by atoms with Crippen LogP contribution in [0.1, 0.15) is 27.4 Å². The number of nitrogens with one attached hydrogen (secondary N) is 1. The average Bonchev–Trinajstić information content (AvgIpc) is 2.58. The summed E-state index contributed by atoms with van der Waals surface area (Å²) in [6.45, 7) is 1.74. The van der Waals surface area contributed by atoms with E-state index in [1.54, 1.807) is 13.0 Å². The molecule has 4 nitrogen and oxygen atoms in total. The summed E-state index contributed by atoms with van der Waals surface area (Å²) < 4.78 is 14.5. The van der Waals surface area contributed by atoms with E-state index in [1.807, 2.05) is 30.3 Å². The molecule has 0 aliphatic rings. The van der Waals surface area contributed by atoms with Crippen LogP contribution >= 0.6 is 15.9 Å². The molecule has 0 saturated carbocycles. The maximum absolute atomic E-state index is 13.9. The van der Waals surface area contributed by atoms with Gasteiger partial charge in [-0.2, -0.15) is 0 Å². The van der Waals surface area contributed by atoms with Crippen LogP contribution in [-0.2, 0) is 6.42 Å². The molecule has 0 aliphatic carbocycles. The molecule has 0 aliphatic heterocycles. The highest BCUT2D eigenvalue weighted by Gasteiger charge is 2.14. The van der Waals surface area contributed by atoms with Gasteiger partial charge in [-0.3, -0.25) is 4.79 Å². The van der Waals surface area contributed by atoms with Crippen LogP contribution in [-0.4, -0.2) is 15.9 Å². The number of hydrogen-bond donors (Lipinski definition) is 1. The van der Waals surface area contributed by atoms with Gasteiger partial charge in [-0.1, -0.05) is 46.3 Å². The molecule has 1 aromatic heterocycles. The molecule has 0 fully saturated rings. The van der Waals surface area contributed by atoms with Crippen molar-refractivity contribution in [2.24, 2.45) is 0 Å². The number of anilines is 1. The van der Waals surface area contributed by atoms with Crippen LogP contribution in [0.2, 0.25) is 0 Å². The predicted octanol–water partition coefficient (Wildman–Crippen LogP) is 4.53. The maximum atomic E-state index is 13.9. The number of halogens is 2. The molecule has 25 heavy (non-hydrogen) atoms. The van der Waals surface area contributed by atoms with Gasteiger partial charge in [-0.15, -0.1) is 0 Å². The van der Waals surface area contributed by atoms with Crippen LogP contribution in [0, 0.1) is 12.7 Å². The van der Waals surface area contributed by atoms with Crippen molar-refractivity contribution in [3.05, 3.63) is 87.7 Å². The molecule has 0 bridgehead atoms. The highest BCUT2D eigenvalue weighted by molar-refractivity contribution is 9.10. The lowest BCUT2D eigenvalue weighted by Gasteiger charge is -2.09. The van der Waals surface area contributed by atoms with Gasteiger partial charge in [0, 0.05) is 17.1 Å². The number of aromatic nitrogens is 2. The fourth-order valence-corrected chi connectivity index (χ4v) is 2.72. The van der Waals surface area contributed by atoms with E-state index in [0.717, 1.165) is 5.56 Å². The molecule has 0 saturated heterocycles. The van der Waals surface area contributed by atoms with Gasteiger partial charge in [-0.05, 0) is 30.7 Å². The van der Waals surface area contributed by atoms with Gasteiger partial charge < -0.3 is 5.32 Å². The Bertz CT molecular complexity index is 916. The molecule has 3 rings (SSSR count). The molecule has 0 atom stereocenters. The summed E-state index contributed by atoms with van der Waals surface area (Å²) in [4.78, 5) is 21.0. The summed E-state index contributed by atoms with van der Waals surface area (Å²) in [5.41, 5.74) is 2.08. The molecule has 3 aromatic rings. The number of nitrogens with zero attached hydrogens (tertiary/aromatic N) is 2. The van der Waals surface area contributed by atoms with Crippen LogP contribution in [0.25, 0.3) is 0 Å². The van der Waals surface area contributed by atoms with Gasteiger partial charge in [0.25, 0.3) is 5.91 Å². The molecule has 2 aromatic carbocycles. The van der Waals surface area contributed by atoms with E-state index < -0.39 is 11.7 Å². The van der Waals surface area contributed by atoms with Crippen LogP contribution in [0.15, 0.2) is 59.2 Å². The standard InChI is InChI=1S/C19H15BrFN3O/c1-12-15(19(25)24-17-8-7-14(20)10-16(17)21)11-22-18(23-12)9-13-5-3-2-4-6-13/h2-8,10-11H,9H2,1H3,(H,24,25). The number of benzene rings is 2. The summed E-state index contributed by atoms with van der Waals surface area (Å²) in [6.07, 6.45) is 2.07. The summed E-state index contributed by atoms with van der Waals surface area (Å²) in [5.74, 6) is -0.318. The number of hydrogen-bond acceptors (Lipinski definition) is 3. The van der Waals surface area contributed by atoms with Crippen molar-refractivity contribution >= 4 is 27.5 Å². The minimum Gasteiger partial charge on any atom is -0.319 e. The van der Waals surface area contributed by atoms with Gasteiger partial charge >= 0.3 is 0 Å². The summed E-state index contributed by atoms with van der Waals surface area (Å²) in [7, 11) is 0. The quantitative estimate of drug-likeness (QED) is 0.700. The summed E-state index contributed by atoms with van der Waals surface area (Å²) in [6, 6.07) is 14.3. The SMILES string of the molecule is Cc1nc(Cc2ccccc2)ncc1C(=O)Nc1ccc(Br)cc1F. The molecular formula is C19H15BrFN3O. The second-order valence-corrected chi connectivity index (χ2v) is 6.44. The van der Waals surface area contributed by atoms with E-state index in [0.29, 0.717) is 28.0 Å². The van der Waals surface area contributed by atoms with Crippen molar-refractivity contribution in [1.29, 1.82) is 0 Å². The Morgan fingerprint density at radius 3 is 2.64 bits per heavy atom. The van der Waals surface area contributed by atoms with Crippen molar-refractivity contribution in [3.63, 3.8) is 0 Å². The number of carbonyl (C=O) groups is 1. The second kappa shape index (κ2) is 7.53. The largest absolute Gasteiger partial charge is 0.319 e. The van der Waals surface area contributed by atoms with Crippen molar-refractivity contribution in [1.82, 2.24) is 9.97 Å². The molecule has 6 heteroatoms. The summed E-state index contributed by atoms with van der Waals surface area (Å²) in [5, 5.41) is 2.55. The fraction of sp³-hybridized carbons (Fsp3) is 0.105. The molecule has 0 unspecified atom stereocenters. The third-order valence-electron chi connectivity index (χ3n) is 3.66. The van der Waals surface area contributed by atoms with Crippen molar-refractivity contribution in [2.45, 2.75) is 13.3 Å². The zero-order chi connectivity index (χ0) is 17.8. The van der Waals surface area contributed by atoms with E-state index in [9.17, 15) is 9.18 Å². The average molecular weight is 400 g/mol. The third kappa shape index (κ3) is 4.28. The Kier molecular flexibility index (Phi) is 5.19. The molecule has 0 radical (unpaired) electrons. The number of amides is 1. The van der Waals surface area contributed by atoms with Gasteiger partial charge in [-0.25, -0.2) is 14.4 Å². The lowest BCUT2D eigenvalue weighted by Crippen LogP contribution is -2.16. The Labute approximate surface area is 153 Å². The fourth-order valence-electron chi connectivity index (χ4n) is 2.38. The first-order chi connectivity index (χ1) is 12.0. The highest BCUT2D eigenvalue weighted by atomic mass is 79.9. The monoisotopic (exact) mass is 399 g/mol. The topological polar surface area (TPSA) is 54.9 Å². The minimum absolute atomic E-state index is 0.112. The van der Waals surface area contributed by atoms with E-state index in [-0.39, 0.29) is 5.69 Å². The Hall–Kier alpha value is -2.60. The predicted molar refractivity (Wildman–Crippen MR) is 98.1 cm³/mol. The smallest absolute Gasteiger partial charge is 0.259 e. The van der Waals surface area contributed by atoms with Crippen LogP contribution in [0.4, 0.5) is 10.1 Å². The molecule has 126 valence electrons. The zero-order valence-electron chi connectivity index (χ0n) is 13.5. The Balaban J connectivity index is 1.77. The third-order valence-corrected chi connectivity index (χ3v) is 4.15. The van der Waals surface area contributed by atoms with Gasteiger partial charge in [0.1, 0.15) is 11.6 Å². The van der Waals surface area contributed by atoms with Crippen molar-refractivity contribution in [2.75, 3.05) is 5.32 Å². The van der Waals surface area contributed by atoms with Gasteiger partial charge in [0.2, 0.25) is 0 Å². The van der Waals surface area contributed by atoms with E-state index >= 15 is 0 Å². The lowest BCUT2D eigenvalue weighted by molar-refractivity contribution is 0.102. The number of aryl methyl sites for hydroxylation is 1. The molecule has 1 heterocycles. The first kappa shape index (κ1) is 17.2. The van der Waals surface area contributed by atoms with Gasteiger partial charge in [0.05, 0.1) is 16.9 Å². The summed E-state index contributed by atoms with van der Waals surface area (Å²) >= 11 is 3.18. The second-order valence-electron chi connectivity index (χ2n) is 5.53. The van der Waals surface area contributed by atoms with Gasteiger partial charge in [0.15, 0.2) is 0 Å². The number of carbonyl (C=O) groups excluding carboxylic acids is 1. The van der Waals surface area contributed by atoms with E-state index in [1.165, 1.54) is 18.3 Å². The Morgan fingerprint density at radius 1 is 1.20 bits per heavy atom. The normalized spacial score (nSPS) is 10.5. The van der Waals surface area contributed by atoms with Crippen LogP contribution < -0.4 is 5.32 Å². The molecule has 0 spiro atoms. The van der Waals surface area contributed by atoms with Crippen LogP contribution in [0.5, 0.6) is 0 Å². The highest BCUT2D eigenvalue weighted by Crippen LogP contribution is 2.20. The molecular weight excluding hydrogens is 385 g/mol.